The van der Waals surface area contributed by atoms with Gasteiger partial charge in [-0.25, -0.2) is 0 Å². The largest absolute Gasteiger partial charge is 0.481 e. The number of benzene rings is 1. The fraction of sp³-hybridized carbons (Fsp3) is 0.462. The number of hydrogen-bond donors (Lipinski definition) is 1. The summed E-state index contributed by atoms with van der Waals surface area (Å²) in [6.45, 7) is 4.62. The Labute approximate surface area is 111 Å². The van der Waals surface area contributed by atoms with Crippen LogP contribution in [0.3, 0.4) is 0 Å². The maximum absolute atomic E-state index is 10.6. The summed E-state index contributed by atoms with van der Waals surface area (Å²) in [5.74, 6) is -0.813. The number of non-ortho nitro benzene ring substituents is 1. The Morgan fingerprint density at radius 1 is 1.37 bits per heavy atom. The summed E-state index contributed by atoms with van der Waals surface area (Å²) in [6, 6.07) is 6.51. The molecule has 0 aliphatic carbocycles. The van der Waals surface area contributed by atoms with Crippen molar-refractivity contribution in [3.8, 4) is 0 Å². The zero-order valence-electron chi connectivity index (χ0n) is 11.1. The Hall–Kier alpha value is -2.11. The van der Waals surface area contributed by atoms with Gasteiger partial charge in [-0.15, -0.1) is 0 Å². The molecule has 0 saturated carbocycles. The molecule has 0 fully saturated rings. The van der Waals surface area contributed by atoms with Crippen molar-refractivity contribution in [3.05, 3.63) is 34.4 Å². The number of carbonyl (C=O) groups is 1. The highest BCUT2D eigenvalue weighted by molar-refractivity contribution is 5.66. The second kappa shape index (κ2) is 6.72. The van der Waals surface area contributed by atoms with Gasteiger partial charge in [0.1, 0.15) is 0 Å². The van der Waals surface area contributed by atoms with Crippen molar-refractivity contribution in [3.63, 3.8) is 0 Å². The molecule has 0 aromatic heterocycles. The molecule has 1 aromatic carbocycles. The first-order valence-electron chi connectivity index (χ1n) is 6.14. The van der Waals surface area contributed by atoms with E-state index in [2.05, 4.69) is 0 Å². The van der Waals surface area contributed by atoms with E-state index in [1.807, 2.05) is 18.7 Å². The second-order valence-corrected chi connectivity index (χ2v) is 4.56. The van der Waals surface area contributed by atoms with Gasteiger partial charge in [-0.05, 0) is 32.4 Å². The van der Waals surface area contributed by atoms with Crippen LogP contribution in [0.15, 0.2) is 24.3 Å². The smallest absolute Gasteiger partial charge is 0.303 e. The summed E-state index contributed by atoms with van der Waals surface area (Å²) in [6.07, 6.45) is 0.667. The zero-order valence-corrected chi connectivity index (χ0v) is 11.1. The summed E-state index contributed by atoms with van der Waals surface area (Å²) >= 11 is 0. The number of carboxylic acids is 1. The van der Waals surface area contributed by atoms with Crippen molar-refractivity contribution in [1.29, 1.82) is 0 Å². The molecule has 0 radical (unpaired) electrons. The molecule has 0 amide bonds. The molecule has 6 heteroatoms. The highest BCUT2D eigenvalue weighted by Crippen LogP contribution is 2.21. The predicted octanol–water partition coefficient (Wildman–Crippen LogP) is 2.67. The van der Waals surface area contributed by atoms with Crippen molar-refractivity contribution in [2.75, 3.05) is 11.4 Å². The molecule has 104 valence electrons. The third-order valence-corrected chi connectivity index (χ3v) is 2.81. The first-order valence-corrected chi connectivity index (χ1v) is 6.14. The van der Waals surface area contributed by atoms with Crippen LogP contribution in [0.5, 0.6) is 0 Å². The number of rotatable bonds is 7. The molecular formula is C13H18N2O4. The molecule has 19 heavy (non-hydrogen) atoms. The zero-order chi connectivity index (χ0) is 14.4. The number of nitro groups is 1. The highest BCUT2D eigenvalue weighted by atomic mass is 16.6. The molecule has 1 aromatic rings. The third-order valence-electron chi connectivity index (χ3n) is 2.81. The number of nitrogens with zero attached hydrogens (tertiary/aromatic N) is 2. The summed E-state index contributed by atoms with van der Waals surface area (Å²) in [5, 5.41) is 19.2. The Morgan fingerprint density at radius 2 is 1.95 bits per heavy atom. The lowest BCUT2D eigenvalue weighted by atomic mass is 10.2. The number of nitro benzene ring substituents is 1. The second-order valence-electron chi connectivity index (χ2n) is 4.56. The SMILES string of the molecule is CC(C)N(CCCC(=O)O)c1ccc([N+](=O)[O-])cc1. The van der Waals surface area contributed by atoms with Crippen LogP contribution in [-0.2, 0) is 4.79 Å². The van der Waals surface area contributed by atoms with Crippen LogP contribution in [0.25, 0.3) is 0 Å². The average molecular weight is 266 g/mol. The van der Waals surface area contributed by atoms with E-state index in [9.17, 15) is 14.9 Å². The molecule has 6 nitrogen and oxygen atoms in total. The van der Waals surface area contributed by atoms with E-state index in [-0.39, 0.29) is 18.2 Å². The lowest BCUT2D eigenvalue weighted by Crippen LogP contribution is -2.31. The fourth-order valence-electron chi connectivity index (χ4n) is 1.85. The quantitative estimate of drug-likeness (QED) is 0.606. The highest BCUT2D eigenvalue weighted by Gasteiger charge is 2.12. The van der Waals surface area contributed by atoms with E-state index < -0.39 is 10.9 Å². The van der Waals surface area contributed by atoms with Gasteiger partial charge >= 0.3 is 5.97 Å². The molecule has 0 heterocycles. The summed E-state index contributed by atoms with van der Waals surface area (Å²) in [4.78, 5) is 22.7. The molecule has 1 rings (SSSR count). The van der Waals surface area contributed by atoms with E-state index in [0.717, 1.165) is 5.69 Å². The maximum Gasteiger partial charge on any atom is 0.303 e. The van der Waals surface area contributed by atoms with Crippen LogP contribution in [0.2, 0.25) is 0 Å². The fourth-order valence-corrected chi connectivity index (χ4v) is 1.85. The molecule has 0 saturated heterocycles. The Balaban J connectivity index is 2.75. The first kappa shape index (κ1) is 14.9. The lowest BCUT2D eigenvalue weighted by molar-refractivity contribution is -0.384. The van der Waals surface area contributed by atoms with Gasteiger partial charge in [0, 0.05) is 36.8 Å². The molecule has 0 aliphatic rings. The lowest BCUT2D eigenvalue weighted by Gasteiger charge is -2.28. The molecule has 0 bridgehead atoms. The van der Waals surface area contributed by atoms with Gasteiger partial charge in [0.15, 0.2) is 0 Å². The van der Waals surface area contributed by atoms with Gasteiger partial charge in [0.25, 0.3) is 5.69 Å². The minimum atomic E-state index is -0.813. The minimum Gasteiger partial charge on any atom is -0.481 e. The molecule has 0 spiro atoms. The van der Waals surface area contributed by atoms with Gasteiger partial charge in [0.05, 0.1) is 4.92 Å². The Morgan fingerprint density at radius 3 is 2.37 bits per heavy atom. The van der Waals surface area contributed by atoms with Crippen LogP contribution in [0.4, 0.5) is 11.4 Å². The summed E-state index contributed by atoms with van der Waals surface area (Å²) in [5.41, 5.74) is 0.920. The summed E-state index contributed by atoms with van der Waals surface area (Å²) in [7, 11) is 0. The topological polar surface area (TPSA) is 83.7 Å². The van der Waals surface area contributed by atoms with Gasteiger partial charge in [-0.3, -0.25) is 14.9 Å². The van der Waals surface area contributed by atoms with Crippen LogP contribution < -0.4 is 4.90 Å². The summed E-state index contributed by atoms with van der Waals surface area (Å²) < 4.78 is 0. The van der Waals surface area contributed by atoms with Crippen LogP contribution >= 0.6 is 0 Å². The monoisotopic (exact) mass is 266 g/mol. The Kier molecular flexibility index (Phi) is 5.29. The van der Waals surface area contributed by atoms with E-state index in [4.69, 9.17) is 5.11 Å². The van der Waals surface area contributed by atoms with E-state index in [1.165, 1.54) is 12.1 Å². The first-order chi connectivity index (χ1) is 8.91. The Bertz CT molecular complexity index is 442. The van der Waals surface area contributed by atoms with Crippen LogP contribution in [0.1, 0.15) is 26.7 Å². The number of carboxylic acid groups (broad SMARTS) is 1. The van der Waals surface area contributed by atoms with Gasteiger partial charge in [0.2, 0.25) is 0 Å². The van der Waals surface area contributed by atoms with Crippen molar-refractivity contribution in [2.45, 2.75) is 32.7 Å². The number of aliphatic carboxylic acids is 1. The minimum absolute atomic E-state index is 0.0537. The third kappa shape index (κ3) is 4.57. The normalized spacial score (nSPS) is 10.5. The van der Waals surface area contributed by atoms with Crippen molar-refractivity contribution >= 4 is 17.3 Å². The maximum atomic E-state index is 10.6. The number of hydrogen-bond acceptors (Lipinski definition) is 4. The van der Waals surface area contributed by atoms with E-state index >= 15 is 0 Å². The predicted molar refractivity (Wildman–Crippen MR) is 72.4 cm³/mol. The average Bonchev–Trinajstić information content (AvgIpc) is 2.34. The van der Waals surface area contributed by atoms with Gasteiger partial charge in [-0.2, -0.15) is 0 Å². The van der Waals surface area contributed by atoms with Gasteiger partial charge in [-0.1, -0.05) is 0 Å². The van der Waals surface area contributed by atoms with Crippen LogP contribution in [-0.4, -0.2) is 28.6 Å². The van der Waals surface area contributed by atoms with Crippen molar-refractivity contribution in [1.82, 2.24) is 0 Å². The molecular weight excluding hydrogens is 248 g/mol. The van der Waals surface area contributed by atoms with Gasteiger partial charge < -0.3 is 10.0 Å². The molecule has 0 unspecified atom stereocenters. The number of anilines is 1. The van der Waals surface area contributed by atoms with E-state index in [0.29, 0.717) is 13.0 Å². The molecule has 0 atom stereocenters. The van der Waals surface area contributed by atoms with Crippen molar-refractivity contribution in [2.24, 2.45) is 0 Å². The van der Waals surface area contributed by atoms with E-state index in [1.54, 1.807) is 12.1 Å². The molecule has 1 N–H and O–H groups in total. The van der Waals surface area contributed by atoms with Crippen LogP contribution in [0, 0.1) is 10.1 Å². The van der Waals surface area contributed by atoms with Crippen molar-refractivity contribution < 1.29 is 14.8 Å². The standard InChI is InChI=1S/C13H18N2O4/c1-10(2)14(9-3-4-13(16)17)11-5-7-12(8-6-11)15(18)19/h5-8,10H,3-4,9H2,1-2H3,(H,16,17). The molecule has 0 aliphatic heterocycles.